The Morgan fingerprint density at radius 1 is 1.25 bits per heavy atom. The number of hydrogen-bond acceptors (Lipinski definition) is 5. The van der Waals surface area contributed by atoms with Crippen molar-refractivity contribution < 1.29 is 26.8 Å². The van der Waals surface area contributed by atoms with Crippen molar-refractivity contribution in [3.05, 3.63) is 55.4 Å². The number of fused-ring (bicyclic) bond motifs is 1. The van der Waals surface area contributed by atoms with Gasteiger partial charge >= 0.3 is 17.9 Å². The number of oxazole rings is 1. The Morgan fingerprint density at radius 3 is 2.50 bits per heavy atom. The first-order chi connectivity index (χ1) is 15.0. The fourth-order valence-corrected chi connectivity index (χ4v) is 4.06. The predicted molar refractivity (Wildman–Crippen MR) is 105 cm³/mol. The number of rotatable bonds is 2. The minimum absolute atomic E-state index is 0.0325. The number of nitrogens with one attached hydrogen (secondary N) is 1. The smallest absolute Gasteiger partial charge is 0.432 e. The molecule has 8 nitrogen and oxygen atoms in total. The molecule has 32 heavy (non-hydrogen) atoms. The van der Waals surface area contributed by atoms with Crippen LogP contribution in [0.1, 0.15) is 43.2 Å². The summed E-state index contributed by atoms with van der Waals surface area (Å²) in [7, 11) is 0.996. The van der Waals surface area contributed by atoms with E-state index in [1.54, 1.807) is 0 Å². The number of aromatic nitrogens is 3. The number of carbonyl (C=O) groups is 1. The lowest BCUT2D eigenvalue weighted by atomic mass is 10.1. The largest absolute Gasteiger partial charge is 0.438 e. The molecule has 3 aromatic rings. The van der Waals surface area contributed by atoms with Crippen molar-refractivity contribution in [2.45, 2.75) is 37.8 Å². The third-order valence-corrected chi connectivity index (χ3v) is 5.59. The van der Waals surface area contributed by atoms with Gasteiger partial charge in [0.2, 0.25) is 0 Å². The second kappa shape index (κ2) is 7.76. The van der Waals surface area contributed by atoms with Crippen molar-refractivity contribution in [3.63, 3.8) is 0 Å². The van der Waals surface area contributed by atoms with Crippen LogP contribution < -0.4 is 16.6 Å². The molecule has 0 unspecified atom stereocenters. The van der Waals surface area contributed by atoms with Gasteiger partial charge in [-0.05, 0) is 18.9 Å². The summed E-state index contributed by atoms with van der Waals surface area (Å²) in [5.41, 5.74) is -6.25. The van der Waals surface area contributed by atoms with E-state index in [0.29, 0.717) is 0 Å². The summed E-state index contributed by atoms with van der Waals surface area (Å²) in [4.78, 5) is 41.8. The molecule has 0 spiro atoms. The van der Waals surface area contributed by atoms with E-state index >= 15 is 0 Å². The Balaban J connectivity index is 2.08. The number of hydrogen-bond donors (Lipinski definition) is 1. The highest BCUT2D eigenvalue weighted by molar-refractivity contribution is 6.35. The van der Waals surface area contributed by atoms with Crippen molar-refractivity contribution in [1.82, 2.24) is 19.4 Å². The van der Waals surface area contributed by atoms with E-state index < -0.39 is 40.7 Å². The lowest BCUT2D eigenvalue weighted by Crippen LogP contribution is -2.47. The van der Waals surface area contributed by atoms with Gasteiger partial charge in [-0.3, -0.25) is 4.79 Å². The zero-order valence-electron chi connectivity index (χ0n) is 16.4. The van der Waals surface area contributed by atoms with Gasteiger partial charge in [-0.25, -0.2) is 28.1 Å². The molecule has 0 bridgehead atoms. The van der Waals surface area contributed by atoms with Gasteiger partial charge in [-0.15, -0.1) is 0 Å². The number of halogens is 5. The van der Waals surface area contributed by atoms with E-state index in [0.717, 1.165) is 38.8 Å². The van der Waals surface area contributed by atoms with Crippen molar-refractivity contribution in [2.24, 2.45) is 0 Å². The second-order valence-electron chi connectivity index (χ2n) is 7.27. The molecule has 2 aromatic heterocycles. The average molecular weight is 475 g/mol. The van der Waals surface area contributed by atoms with Crippen LogP contribution in [-0.4, -0.2) is 27.2 Å². The van der Waals surface area contributed by atoms with Crippen LogP contribution in [0.15, 0.2) is 26.1 Å². The maximum absolute atomic E-state index is 15.0. The van der Waals surface area contributed by atoms with Gasteiger partial charge in [0, 0.05) is 19.0 Å². The van der Waals surface area contributed by atoms with Crippen LogP contribution in [-0.2, 0) is 6.18 Å². The molecule has 0 radical (unpaired) electrons. The molecule has 13 heteroatoms. The van der Waals surface area contributed by atoms with Crippen LogP contribution in [0.4, 0.5) is 22.4 Å². The molecule has 1 fully saturated rings. The van der Waals surface area contributed by atoms with Crippen molar-refractivity contribution in [1.29, 1.82) is 0 Å². The molecule has 1 aliphatic rings. The highest BCUT2D eigenvalue weighted by Crippen LogP contribution is 2.38. The standard InChI is InChI=1S/C19H15ClF4N4O4/c1-25-17(30)27-11(19(22,23)24)7-12(29)28(18(27)31)14-10(21)6-9(20)13-15(14)32-16(26-13)8-4-2-3-5-8/h6-8H,2-5H2,1H3,(H,25,30). The van der Waals surface area contributed by atoms with E-state index in [2.05, 4.69) is 4.98 Å². The second-order valence-corrected chi connectivity index (χ2v) is 7.68. The van der Waals surface area contributed by atoms with E-state index in [9.17, 15) is 31.9 Å². The predicted octanol–water partition coefficient (Wildman–Crippen LogP) is 3.80. The molecule has 1 aliphatic carbocycles. The molecule has 2 heterocycles. The van der Waals surface area contributed by atoms with Crippen LogP contribution in [0.3, 0.4) is 0 Å². The first-order valence-electron chi connectivity index (χ1n) is 9.51. The highest BCUT2D eigenvalue weighted by Gasteiger charge is 2.38. The monoisotopic (exact) mass is 474 g/mol. The van der Waals surface area contributed by atoms with E-state index in [4.69, 9.17) is 16.0 Å². The fraction of sp³-hybridized carbons (Fsp3) is 0.368. The number of nitrogens with zero attached hydrogens (tertiary/aromatic N) is 3. The number of benzene rings is 1. The van der Waals surface area contributed by atoms with Gasteiger partial charge < -0.3 is 9.73 Å². The fourth-order valence-electron chi connectivity index (χ4n) is 3.84. The summed E-state index contributed by atoms with van der Waals surface area (Å²) >= 11 is 6.06. The zero-order valence-corrected chi connectivity index (χ0v) is 17.2. The zero-order chi connectivity index (χ0) is 23.4. The molecule has 0 saturated heterocycles. The van der Waals surface area contributed by atoms with Gasteiger partial charge in [0.15, 0.2) is 17.3 Å². The average Bonchev–Trinajstić information content (AvgIpc) is 3.38. The van der Waals surface area contributed by atoms with Crippen LogP contribution >= 0.6 is 11.6 Å². The summed E-state index contributed by atoms with van der Waals surface area (Å²) in [6, 6.07) is -0.662. The summed E-state index contributed by atoms with van der Waals surface area (Å²) in [5, 5.41) is 1.73. The molecule has 1 N–H and O–H groups in total. The minimum atomic E-state index is -5.21. The van der Waals surface area contributed by atoms with Gasteiger partial charge in [0.05, 0.1) is 5.02 Å². The lowest BCUT2D eigenvalue weighted by molar-refractivity contribution is -0.143. The molecular formula is C19H15ClF4N4O4. The van der Waals surface area contributed by atoms with Crippen LogP contribution in [0.25, 0.3) is 16.8 Å². The lowest BCUT2D eigenvalue weighted by Gasteiger charge is -2.16. The van der Waals surface area contributed by atoms with Crippen LogP contribution in [0.5, 0.6) is 0 Å². The summed E-state index contributed by atoms with van der Waals surface area (Å²) in [6.07, 6.45) is -1.85. The normalized spacial score (nSPS) is 14.9. The van der Waals surface area contributed by atoms with Gasteiger partial charge in [-0.1, -0.05) is 24.4 Å². The molecule has 170 valence electrons. The summed E-state index contributed by atoms with van der Waals surface area (Å²) in [5.74, 6) is -1.07. The molecule has 1 saturated carbocycles. The topological polar surface area (TPSA) is 99.1 Å². The Bertz CT molecular complexity index is 1350. The van der Waals surface area contributed by atoms with Gasteiger partial charge in [-0.2, -0.15) is 13.2 Å². The molecule has 4 rings (SSSR count). The third-order valence-electron chi connectivity index (χ3n) is 5.30. The first kappa shape index (κ1) is 22.1. The van der Waals surface area contributed by atoms with Crippen LogP contribution in [0.2, 0.25) is 5.02 Å². The summed E-state index contributed by atoms with van der Waals surface area (Å²) < 4.78 is 60.6. The molecule has 1 aromatic carbocycles. The Morgan fingerprint density at radius 2 is 1.91 bits per heavy atom. The summed E-state index contributed by atoms with van der Waals surface area (Å²) in [6.45, 7) is 0. The molecule has 0 aliphatic heterocycles. The Labute approximate surface area is 181 Å². The van der Waals surface area contributed by atoms with E-state index in [1.165, 1.54) is 0 Å². The number of amides is 1. The molecular weight excluding hydrogens is 460 g/mol. The highest BCUT2D eigenvalue weighted by atomic mass is 35.5. The van der Waals surface area contributed by atoms with Crippen molar-refractivity contribution in [2.75, 3.05) is 7.05 Å². The third kappa shape index (κ3) is 3.48. The van der Waals surface area contributed by atoms with Crippen molar-refractivity contribution in [3.8, 4) is 5.69 Å². The Kier molecular flexibility index (Phi) is 5.35. The first-order valence-corrected chi connectivity index (χ1v) is 9.89. The number of carbonyl (C=O) groups excluding carboxylic acids is 1. The Hall–Kier alpha value is -3.15. The van der Waals surface area contributed by atoms with Gasteiger partial charge in [0.1, 0.15) is 16.9 Å². The maximum Gasteiger partial charge on any atom is 0.432 e. The van der Waals surface area contributed by atoms with Crippen molar-refractivity contribution >= 4 is 28.7 Å². The van der Waals surface area contributed by atoms with E-state index in [-0.39, 0.29) is 43.1 Å². The van der Waals surface area contributed by atoms with E-state index in [1.807, 2.05) is 5.32 Å². The maximum atomic E-state index is 15.0. The number of alkyl halides is 3. The quantitative estimate of drug-likeness (QED) is 0.570. The SMILES string of the molecule is CNC(=O)n1c(C(F)(F)F)cc(=O)n(-c2c(F)cc(Cl)c3nc(C4CCCC4)oc23)c1=O. The molecule has 0 atom stereocenters. The molecule has 1 amide bonds. The van der Waals surface area contributed by atoms with Gasteiger partial charge in [0.25, 0.3) is 5.56 Å². The minimum Gasteiger partial charge on any atom is -0.438 e. The van der Waals surface area contributed by atoms with Crippen LogP contribution in [0, 0.1) is 5.82 Å².